The van der Waals surface area contributed by atoms with Gasteiger partial charge in [-0.3, -0.25) is 0 Å². The van der Waals surface area contributed by atoms with Crippen LogP contribution in [0.4, 0.5) is 10.1 Å². The second-order valence-electron chi connectivity index (χ2n) is 4.01. The van der Waals surface area contributed by atoms with Crippen LogP contribution in [0.25, 0.3) is 0 Å². The Balaban J connectivity index is 2.11. The van der Waals surface area contributed by atoms with Gasteiger partial charge in [-0.25, -0.2) is 4.39 Å². The van der Waals surface area contributed by atoms with E-state index in [1.54, 1.807) is 12.1 Å². The average molecular weight is 329 g/mol. The highest BCUT2D eigenvalue weighted by molar-refractivity contribution is 9.10. The molecule has 0 aromatic heterocycles. The minimum absolute atomic E-state index is 0.153. The monoisotopic (exact) mass is 327 g/mol. The molecule has 2 aromatic rings. The van der Waals surface area contributed by atoms with Crippen LogP contribution in [0.15, 0.2) is 40.9 Å². The lowest BCUT2D eigenvalue weighted by Gasteiger charge is -2.11. The van der Waals surface area contributed by atoms with Crippen LogP contribution in [0.2, 0.25) is 5.02 Å². The fraction of sp³-hybridized carbons (Fsp3) is 0.143. The summed E-state index contributed by atoms with van der Waals surface area (Å²) in [7, 11) is 0. The minimum Gasteiger partial charge on any atom is -0.381 e. The first-order valence-corrected chi connectivity index (χ1v) is 6.68. The first-order valence-electron chi connectivity index (χ1n) is 5.51. The second-order valence-corrected chi connectivity index (χ2v) is 5.28. The standard InChI is InChI=1S/C14H12BrClFN/c1-9-11(15)3-2-4-14(9)18-8-10-5-6-13(17)12(16)7-10/h2-7,18H,8H2,1H3. The summed E-state index contributed by atoms with van der Waals surface area (Å²) in [6, 6.07) is 10.7. The largest absolute Gasteiger partial charge is 0.381 e. The Kier molecular flexibility index (Phi) is 4.25. The summed E-state index contributed by atoms with van der Waals surface area (Å²) in [5.41, 5.74) is 3.14. The van der Waals surface area contributed by atoms with Gasteiger partial charge in [0.15, 0.2) is 0 Å². The van der Waals surface area contributed by atoms with Crippen molar-refractivity contribution >= 4 is 33.2 Å². The minimum atomic E-state index is -0.390. The van der Waals surface area contributed by atoms with Gasteiger partial charge >= 0.3 is 0 Å². The normalized spacial score (nSPS) is 10.4. The van der Waals surface area contributed by atoms with Gasteiger partial charge < -0.3 is 5.32 Å². The maximum Gasteiger partial charge on any atom is 0.141 e. The first kappa shape index (κ1) is 13.4. The van der Waals surface area contributed by atoms with Crippen LogP contribution in [-0.4, -0.2) is 0 Å². The Hall–Kier alpha value is -1.06. The Bertz CT molecular complexity index is 572. The second kappa shape index (κ2) is 5.72. The van der Waals surface area contributed by atoms with Crippen molar-refractivity contribution in [1.82, 2.24) is 0 Å². The maximum atomic E-state index is 13.0. The van der Waals surface area contributed by atoms with Gasteiger partial charge in [0, 0.05) is 16.7 Å². The van der Waals surface area contributed by atoms with Crippen LogP contribution in [-0.2, 0) is 6.54 Å². The Labute approximate surface area is 119 Å². The van der Waals surface area contributed by atoms with Crippen molar-refractivity contribution in [3.05, 3.63) is 62.8 Å². The summed E-state index contributed by atoms with van der Waals surface area (Å²) in [5, 5.41) is 3.46. The zero-order chi connectivity index (χ0) is 13.1. The summed E-state index contributed by atoms with van der Waals surface area (Å²) in [6.45, 7) is 2.64. The van der Waals surface area contributed by atoms with E-state index in [9.17, 15) is 4.39 Å². The van der Waals surface area contributed by atoms with Gasteiger partial charge in [-0.2, -0.15) is 0 Å². The van der Waals surface area contributed by atoms with E-state index in [0.717, 1.165) is 21.3 Å². The number of hydrogen-bond donors (Lipinski definition) is 1. The topological polar surface area (TPSA) is 12.0 Å². The van der Waals surface area contributed by atoms with Crippen LogP contribution >= 0.6 is 27.5 Å². The third kappa shape index (κ3) is 3.03. The van der Waals surface area contributed by atoms with Gasteiger partial charge in [-0.15, -0.1) is 0 Å². The molecule has 4 heteroatoms. The van der Waals surface area contributed by atoms with Gasteiger partial charge in [0.25, 0.3) is 0 Å². The highest BCUT2D eigenvalue weighted by Crippen LogP contribution is 2.24. The summed E-state index contributed by atoms with van der Waals surface area (Å²) in [4.78, 5) is 0. The molecule has 1 nitrogen and oxygen atoms in total. The van der Waals surface area contributed by atoms with Crippen LogP contribution in [0, 0.1) is 12.7 Å². The highest BCUT2D eigenvalue weighted by atomic mass is 79.9. The zero-order valence-electron chi connectivity index (χ0n) is 9.81. The Morgan fingerprint density at radius 3 is 2.78 bits per heavy atom. The molecule has 2 rings (SSSR count). The van der Waals surface area contributed by atoms with Crippen LogP contribution in [0.1, 0.15) is 11.1 Å². The number of halogens is 3. The zero-order valence-corrected chi connectivity index (χ0v) is 12.1. The summed E-state index contributed by atoms with van der Waals surface area (Å²) in [5.74, 6) is -0.390. The predicted octanol–water partition coefficient (Wildman–Crippen LogP) is 5.16. The van der Waals surface area contributed by atoms with E-state index in [1.807, 2.05) is 25.1 Å². The van der Waals surface area contributed by atoms with Crippen LogP contribution in [0.5, 0.6) is 0 Å². The van der Waals surface area contributed by atoms with E-state index < -0.39 is 0 Å². The van der Waals surface area contributed by atoms with Crippen LogP contribution < -0.4 is 5.32 Å². The molecule has 0 atom stereocenters. The molecule has 0 bridgehead atoms. The fourth-order valence-electron chi connectivity index (χ4n) is 1.65. The van der Waals surface area contributed by atoms with Gasteiger partial charge in [-0.05, 0) is 42.3 Å². The predicted molar refractivity (Wildman–Crippen MR) is 77.6 cm³/mol. The molecule has 18 heavy (non-hydrogen) atoms. The summed E-state index contributed by atoms with van der Waals surface area (Å²) >= 11 is 9.22. The van der Waals surface area contributed by atoms with Crippen molar-refractivity contribution in [3.63, 3.8) is 0 Å². The maximum absolute atomic E-state index is 13.0. The van der Waals surface area contributed by atoms with Crippen molar-refractivity contribution in [2.45, 2.75) is 13.5 Å². The first-order chi connectivity index (χ1) is 8.58. The number of hydrogen-bond acceptors (Lipinski definition) is 1. The lowest BCUT2D eigenvalue weighted by atomic mass is 10.2. The molecule has 0 heterocycles. The molecule has 0 aliphatic heterocycles. The third-order valence-electron chi connectivity index (χ3n) is 2.73. The average Bonchev–Trinajstić information content (AvgIpc) is 2.35. The molecular weight excluding hydrogens is 317 g/mol. The molecule has 0 fully saturated rings. The molecule has 94 valence electrons. The third-order valence-corrected chi connectivity index (χ3v) is 3.88. The summed E-state index contributed by atoms with van der Waals surface area (Å²) in [6.07, 6.45) is 0. The van der Waals surface area contributed by atoms with E-state index in [4.69, 9.17) is 11.6 Å². The molecule has 0 aliphatic carbocycles. The van der Waals surface area contributed by atoms with Crippen molar-refractivity contribution in [3.8, 4) is 0 Å². The van der Waals surface area contributed by atoms with Crippen molar-refractivity contribution < 1.29 is 4.39 Å². The molecular formula is C14H12BrClFN. The molecule has 0 aliphatic rings. The van der Waals surface area contributed by atoms with E-state index in [2.05, 4.69) is 21.2 Å². The van der Waals surface area contributed by atoms with Gasteiger partial charge in [0.1, 0.15) is 5.82 Å². The van der Waals surface area contributed by atoms with Gasteiger partial charge in [0.2, 0.25) is 0 Å². The highest BCUT2D eigenvalue weighted by Gasteiger charge is 2.03. The molecule has 0 saturated heterocycles. The SMILES string of the molecule is Cc1c(Br)cccc1NCc1ccc(F)c(Cl)c1. The smallest absolute Gasteiger partial charge is 0.141 e. The molecule has 0 saturated carbocycles. The number of nitrogens with one attached hydrogen (secondary N) is 1. The number of anilines is 1. The molecule has 0 radical (unpaired) electrons. The Morgan fingerprint density at radius 2 is 2.06 bits per heavy atom. The van der Waals surface area contributed by atoms with E-state index in [-0.39, 0.29) is 10.8 Å². The van der Waals surface area contributed by atoms with Crippen LogP contribution in [0.3, 0.4) is 0 Å². The molecule has 2 aromatic carbocycles. The molecule has 0 unspecified atom stereocenters. The van der Waals surface area contributed by atoms with Gasteiger partial charge in [0.05, 0.1) is 5.02 Å². The lowest BCUT2D eigenvalue weighted by molar-refractivity contribution is 0.627. The van der Waals surface area contributed by atoms with Crippen molar-refractivity contribution in [2.24, 2.45) is 0 Å². The van der Waals surface area contributed by atoms with E-state index in [0.29, 0.717) is 6.54 Å². The molecule has 0 spiro atoms. The molecule has 1 N–H and O–H groups in total. The number of rotatable bonds is 3. The van der Waals surface area contributed by atoms with E-state index >= 15 is 0 Å². The summed E-state index contributed by atoms with van der Waals surface area (Å²) < 4.78 is 14.1. The quantitative estimate of drug-likeness (QED) is 0.820. The molecule has 0 amide bonds. The number of benzene rings is 2. The van der Waals surface area contributed by atoms with Crippen molar-refractivity contribution in [2.75, 3.05) is 5.32 Å². The Morgan fingerprint density at radius 1 is 1.28 bits per heavy atom. The van der Waals surface area contributed by atoms with Gasteiger partial charge in [-0.1, -0.05) is 39.7 Å². The van der Waals surface area contributed by atoms with Crippen molar-refractivity contribution in [1.29, 1.82) is 0 Å². The van der Waals surface area contributed by atoms with E-state index in [1.165, 1.54) is 6.07 Å². The lowest BCUT2D eigenvalue weighted by Crippen LogP contribution is -2.01. The fourth-order valence-corrected chi connectivity index (χ4v) is 2.22.